The molecule has 4 heteroatoms. The molecule has 0 aromatic heterocycles. The summed E-state index contributed by atoms with van der Waals surface area (Å²) in [7, 11) is 0. The van der Waals surface area contributed by atoms with Crippen LogP contribution in [0.2, 0.25) is 0 Å². The maximum atomic E-state index is 12.9. The molecule has 0 spiro atoms. The van der Waals surface area contributed by atoms with Gasteiger partial charge in [-0.3, -0.25) is 4.79 Å². The lowest BCUT2D eigenvalue weighted by Crippen LogP contribution is -2.27. The van der Waals surface area contributed by atoms with Gasteiger partial charge in [0.1, 0.15) is 0 Å². The van der Waals surface area contributed by atoms with E-state index in [-0.39, 0.29) is 11.9 Å². The van der Waals surface area contributed by atoms with Gasteiger partial charge in [-0.05, 0) is 96.7 Å². The quantitative estimate of drug-likeness (QED) is 0.0404. The van der Waals surface area contributed by atoms with Crippen molar-refractivity contribution in [2.75, 3.05) is 32.8 Å². The van der Waals surface area contributed by atoms with Gasteiger partial charge in [-0.15, -0.1) is 0 Å². The molecule has 280 valence electrons. The zero-order chi connectivity index (χ0) is 34.3. The number of carbonyl (C=O) groups excluding carboxylic acids is 1. The van der Waals surface area contributed by atoms with E-state index in [0.29, 0.717) is 13.2 Å². The molecule has 1 atom stereocenters. The predicted octanol–water partition coefficient (Wildman–Crippen LogP) is 13.1. The van der Waals surface area contributed by atoms with E-state index in [1.807, 2.05) is 0 Å². The average molecular weight is 664 g/mol. The molecule has 0 rings (SSSR count). The minimum absolute atomic E-state index is 0.0700. The first-order valence-corrected chi connectivity index (χ1v) is 21.3. The Morgan fingerprint density at radius 1 is 0.511 bits per heavy atom. The number of rotatable bonds is 39. The highest BCUT2D eigenvalue weighted by molar-refractivity contribution is 5.72. The van der Waals surface area contributed by atoms with Crippen LogP contribution in [0.15, 0.2) is 12.2 Å². The second kappa shape index (κ2) is 39.6. The number of nitrogens with zero attached hydrogens (tertiary/aromatic N) is 1. The standard InChI is InChI=1S/C43H85NO3/c1-4-7-10-13-15-16-17-18-19-20-21-22-23-24-26-30-37-44(39-32-33-40-45)38-31-27-34-41-47-43(46)42(35-28-12-9-6-3)36-29-25-14-11-8-5-2/h18-19,42,45H,4-17,20-41H2,1-3H3. The molecular formula is C43H85NO3. The molecular weight excluding hydrogens is 578 g/mol. The fourth-order valence-electron chi connectivity index (χ4n) is 6.64. The number of aliphatic hydroxyl groups is 1. The highest BCUT2D eigenvalue weighted by Crippen LogP contribution is 2.21. The first kappa shape index (κ1) is 46.1. The molecule has 47 heavy (non-hydrogen) atoms. The van der Waals surface area contributed by atoms with Gasteiger partial charge in [0.2, 0.25) is 0 Å². The molecule has 0 aromatic rings. The second-order valence-electron chi connectivity index (χ2n) is 14.5. The van der Waals surface area contributed by atoms with E-state index in [1.165, 1.54) is 161 Å². The van der Waals surface area contributed by atoms with Gasteiger partial charge in [-0.2, -0.15) is 0 Å². The van der Waals surface area contributed by atoms with Crippen LogP contribution >= 0.6 is 0 Å². The molecule has 0 bridgehead atoms. The lowest BCUT2D eigenvalue weighted by atomic mass is 9.94. The van der Waals surface area contributed by atoms with Crippen molar-refractivity contribution in [3.05, 3.63) is 12.2 Å². The largest absolute Gasteiger partial charge is 0.465 e. The van der Waals surface area contributed by atoms with Gasteiger partial charge < -0.3 is 14.7 Å². The zero-order valence-corrected chi connectivity index (χ0v) is 32.4. The number of hydrogen-bond acceptors (Lipinski definition) is 4. The highest BCUT2D eigenvalue weighted by Gasteiger charge is 2.19. The zero-order valence-electron chi connectivity index (χ0n) is 32.4. The smallest absolute Gasteiger partial charge is 0.308 e. The number of carbonyl (C=O) groups is 1. The van der Waals surface area contributed by atoms with Crippen LogP contribution in [0.25, 0.3) is 0 Å². The molecule has 0 saturated carbocycles. The lowest BCUT2D eigenvalue weighted by molar-refractivity contribution is -0.149. The molecule has 0 amide bonds. The van der Waals surface area contributed by atoms with E-state index in [2.05, 4.69) is 37.8 Å². The highest BCUT2D eigenvalue weighted by atomic mass is 16.5. The number of aliphatic hydroxyl groups excluding tert-OH is 1. The number of ether oxygens (including phenoxy) is 1. The summed E-state index contributed by atoms with van der Waals surface area (Å²) < 4.78 is 5.82. The number of esters is 1. The fourth-order valence-corrected chi connectivity index (χ4v) is 6.64. The van der Waals surface area contributed by atoms with Crippen LogP contribution in [0.1, 0.15) is 220 Å². The van der Waals surface area contributed by atoms with Crippen molar-refractivity contribution in [1.29, 1.82) is 0 Å². The van der Waals surface area contributed by atoms with Crippen molar-refractivity contribution in [2.45, 2.75) is 220 Å². The van der Waals surface area contributed by atoms with Gasteiger partial charge >= 0.3 is 5.97 Å². The molecule has 4 nitrogen and oxygen atoms in total. The topological polar surface area (TPSA) is 49.8 Å². The Kier molecular flexibility index (Phi) is 38.8. The molecule has 0 heterocycles. The molecule has 0 fully saturated rings. The van der Waals surface area contributed by atoms with Gasteiger partial charge in [0.05, 0.1) is 12.5 Å². The maximum absolute atomic E-state index is 12.9. The third-order valence-corrected chi connectivity index (χ3v) is 9.88. The third kappa shape index (κ3) is 34.8. The van der Waals surface area contributed by atoms with Gasteiger partial charge in [0, 0.05) is 6.61 Å². The third-order valence-electron chi connectivity index (χ3n) is 9.88. The van der Waals surface area contributed by atoms with E-state index >= 15 is 0 Å². The molecule has 0 saturated heterocycles. The molecule has 1 N–H and O–H groups in total. The van der Waals surface area contributed by atoms with Crippen molar-refractivity contribution in [3.8, 4) is 0 Å². The number of hydrogen-bond donors (Lipinski definition) is 1. The van der Waals surface area contributed by atoms with E-state index in [4.69, 9.17) is 4.74 Å². The Bertz CT molecular complexity index is 637. The van der Waals surface area contributed by atoms with E-state index in [1.54, 1.807) is 0 Å². The molecule has 1 unspecified atom stereocenters. The Hall–Kier alpha value is -0.870. The van der Waals surface area contributed by atoms with Crippen molar-refractivity contribution in [2.24, 2.45) is 5.92 Å². The lowest BCUT2D eigenvalue weighted by Gasteiger charge is -2.22. The van der Waals surface area contributed by atoms with Gasteiger partial charge in [0.25, 0.3) is 0 Å². The molecule has 0 aromatic carbocycles. The van der Waals surface area contributed by atoms with E-state index < -0.39 is 0 Å². The Balaban J connectivity index is 4.07. The molecule has 0 aliphatic carbocycles. The average Bonchev–Trinajstić information content (AvgIpc) is 3.08. The molecule has 0 radical (unpaired) electrons. The normalized spacial score (nSPS) is 12.4. The summed E-state index contributed by atoms with van der Waals surface area (Å²) >= 11 is 0. The summed E-state index contributed by atoms with van der Waals surface area (Å²) in [5, 5.41) is 9.26. The second-order valence-corrected chi connectivity index (χ2v) is 14.5. The van der Waals surface area contributed by atoms with Crippen molar-refractivity contribution in [3.63, 3.8) is 0 Å². The number of unbranched alkanes of at least 4 members (excludes halogenated alkanes) is 23. The summed E-state index contributed by atoms with van der Waals surface area (Å²) in [6, 6.07) is 0. The van der Waals surface area contributed by atoms with Crippen molar-refractivity contribution < 1.29 is 14.6 Å². The van der Waals surface area contributed by atoms with Crippen LogP contribution in [-0.4, -0.2) is 48.8 Å². The minimum atomic E-state index is 0.0700. The van der Waals surface area contributed by atoms with Crippen molar-refractivity contribution >= 4 is 5.97 Å². The van der Waals surface area contributed by atoms with Gasteiger partial charge in [0.15, 0.2) is 0 Å². The van der Waals surface area contributed by atoms with Crippen LogP contribution in [0.3, 0.4) is 0 Å². The Morgan fingerprint density at radius 3 is 1.38 bits per heavy atom. The summed E-state index contributed by atoms with van der Waals surface area (Å²) in [5.41, 5.74) is 0. The SMILES string of the molecule is CCCCCCCCC=CCCCCCCCCN(CCCCO)CCCCCOC(=O)C(CCCCCC)CCCCCCCC. The monoisotopic (exact) mass is 664 g/mol. The summed E-state index contributed by atoms with van der Waals surface area (Å²) in [6.45, 7) is 11.1. The van der Waals surface area contributed by atoms with Gasteiger partial charge in [-0.25, -0.2) is 0 Å². The first-order chi connectivity index (χ1) is 23.2. The number of allylic oxidation sites excluding steroid dienone is 2. The van der Waals surface area contributed by atoms with Gasteiger partial charge in [-0.1, -0.05) is 155 Å². The van der Waals surface area contributed by atoms with Crippen LogP contribution in [0.4, 0.5) is 0 Å². The van der Waals surface area contributed by atoms with Crippen LogP contribution < -0.4 is 0 Å². The summed E-state index contributed by atoms with van der Waals surface area (Å²) in [4.78, 5) is 15.5. The van der Waals surface area contributed by atoms with Crippen LogP contribution in [0.5, 0.6) is 0 Å². The molecule has 0 aliphatic rings. The fraction of sp³-hybridized carbons (Fsp3) is 0.930. The van der Waals surface area contributed by atoms with E-state index in [0.717, 1.165) is 58.0 Å². The minimum Gasteiger partial charge on any atom is -0.465 e. The van der Waals surface area contributed by atoms with Crippen LogP contribution in [0, 0.1) is 5.92 Å². The Morgan fingerprint density at radius 2 is 0.894 bits per heavy atom. The Labute approximate surface area is 295 Å². The summed E-state index contributed by atoms with van der Waals surface area (Å²) in [6.07, 6.45) is 43.6. The molecule has 0 aliphatic heterocycles. The van der Waals surface area contributed by atoms with Crippen molar-refractivity contribution in [1.82, 2.24) is 4.90 Å². The maximum Gasteiger partial charge on any atom is 0.308 e. The first-order valence-electron chi connectivity index (χ1n) is 21.3. The van der Waals surface area contributed by atoms with Crippen LogP contribution in [-0.2, 0) is 9.53 Å². The predicted molar refractivity (Wildman–Crippen MR) is 207 cm³/mol. The van der Waals surface area contributed by atoms with E-state index in [9.17, 15) is 9.90 Å². The summed E-state index contributed by atoms with van der Waals surface area (Å²) in [5.74, 6) is 0.178.